The molecule has 0 aliphatic heterocycles. The highest BCUT2D eigenvalue weighted by Gasteiger charge is 2.11. The first-order valence-corrected chi connectivity index (χ1v) is 7.56. The zero-order valence-corrected chi connectivity index (χ0v) is 13.5. The molecular formula is C13H20ClN3O2S. The standard InChI is InChI=1S/C13H20ClN3O2S/c1-9(2)6-15-13(19)16-12(18)8-17(3)7-10-4-5-11(14)20-10/h4-5,9H,6-8H2,1-3H3,(H2,15,16,18,19). The second-order valence-electron chi connectivity index (χ2n) is 5.03. The largest absolute Gasteiger partial charge is 0.338 e. The fraction of sp³-hybridized carbons (Fsp3) is 0.538. The quantitative estimate of drug-likeness (QED) is 0.846. The molecule has 0 saturated carbocycles. The fourth-order valence-corrected chi connectivity index (χ4v) is 2.68. The molecule has 1 heterocycles. The normalized spacial score (nSPS) is 10.9. The smallest absolute Gasteiger partial charge is 0.321 e. The molecule has 0 unspecified atom stereocenters. The van der Waals surface area contributed by atoms with Gasteiger partial charge in [-0.15, -0.1) is 11.3 Å². The Labute approximate surface area is 128 Å². The summed E-state index contributed by atoms with van der Waals surface area (Å²) in [5, 5.41) is 4.94. The number of hydrogen-bond acceptors (Lipinski definition) is 4. The van der Waals surface area contributed by atoms with Gasteiger partial charge < -0.3 is 5.32 Å². The van der Waals surface area contributed by atoms with Crippen LogP contribution in [0.3, 0.4) is 0 Å². The number of thiophene rings is 1. The van der Waals surface area contributed by atoms with Gasteiger partial charge in [-0.3, -0.25) is 15.0 Å². The lowest BCUT2D eigenvalue weighted by molar-refractivity contribution is -0.120. The zero-order valence-electron chi connectivity index (χ0n) is 11.9. The molecule has 3 amide bonds. The van der Waals surface area contributed by atoms with Gasteiger partial charge in [0.05, 0.1) is 10.9 Å². The van der Waals surface area contributed by atoms with Crippen LogP contribution in [0.2, 0.25) is 4.34 Å². The molecule has 2 N–H and O–H groups in total. The van der Waals surface area contributed by atoms with E-state index in [1.54, 1.807) is 0 Å². The van der Waals surface area contributed by atoms with Gasteiger partial charge in [-0.25, -0.2) is 4.79 Å². The van der Waals surface area contributed by atoms with Crippen molar-refractivity contribution in [1.82, 2.24) is 15.5 Å². The number of amides is 3. The van der Waals surface area contributed by atoms with Crippen LogP contribution >= 0.6 is 22.9 Å². The van der Waals surface area contributed by atoms with Crippen LogP contribution in [-0.4, -0.2) is 37.0 Å². The number of halogens is 1. The number of nitrogens with one attached hydrogen (secondary N) is 2. The Morgan fingerprint density at radius 2 is 2.10 bits per heavy atom. The summed E-state index contributed by atoms with van der Waals surface area (Å²) in [6, 6.07) is 3.31. The summed E-state index contributed by atoms with van der Waals surface area (Å²) >= 11 is 7.33. The minimum absolute atomic E-state index is 0.157. The van der Waals surface area contributed by atoms with Gasteiger partial charge in [-0.05, 0) is 25.1 Å². The molecule has 1 aromatic heterocycles. The Kier molecular flexibility index (Phi) is 6.98. The van der Waals surface area contributed by atoms with Crippen molar-refractivity contribution in [2.45, 2.75) is 20.4 Å². The van der Waals surface area contributed by atoms with Crippen LogP contribution in [0.5, 0.6) is 0 Å². The Morgan fingerprint density at radius 3 is 2.65 bits per heavy atom. The van der Waals surface area contributed by atoms with E-state index in [9.17, 15) is 9.59 Å². The molecule has 0 bridgehead atoms. The fourth-order valence-electron chi connectivity index (χ4n) is 1.51. The summed E-state index contributed by atoms with van der Waals surface area (Å²) < 4.78 is 0.728. The number of urea groups is 1. The van der Waals surface area contributed by atoms with Crippen LogP contribution in [0.15, 0.2) is 12.1 Å². The van der Waals surface area contributed by atoms with Crippen LogP contribution in [0.25, 0.3) is 0 Å². The third-order valence-corrected chi connectivity index (χ3v) is 3.61. The number of carbonyl (C=O) groups is 2. The van der Waals surface area contributed by atoms with Crippen LogP contribution in [0.1, 0.15) is 18.7 Å². The molecule has 0 spiro atoms. The van der Waals surface area contributed by atoms with E-state index in [1.807, 2.05) is 37.9 Å². The second-order valence-corrected chi connectivity index (χ2v) is 6.83. The summed E-state index contributed by atoms with van der Waals surface area (Å²) in [7, 11) is 1.82. The summed E-state index contributed by atoms with van der Waals surface area (Å²) in [5.74, 6) is 0.0264. The van der Waals surface area contributed by atoms with Gasteiger partial charge in [0.15, 0.2) is 0 Å². The van der Waals surface area contributed by atoms with Gasteiger partial charge >= 0.3 is 6.03 Å². The molecule has 20 heavy (non-hydrogen) atoms. The molecule has 7 heteroatoms. The Balaban J connectivity index is 2.29. The molecule has 0 radical (unpaired) electrons. The minimum Gasteiger partial charge on any atom is -0.338 e. The maximum Gasteiger partial charge on any atom is 0.321 e. The van der Waals surface area contributed by atoms with E-state index < -0.39 is 6.03 Å². The molecular weight excluding hydrogens is 298 g/mol. The Morgan fingerprint density at radius 1 is 1.40 bits per heavy atom. The molecule has 112 valence electrons. The highest BCUT2D eigenvalue weighted by Crippen LogP contribution is 2.22. The first-order valence-electron chi connectivity index (χ1n) is 6.37. The predicted molar refractivity (Wildman–Crippen MR) is 82.0 cm³/mol. The molecule has 0 fully saturated rings. The van der Waals surface area contributed by atoms with Gasteiger partial charge in [0.1, 0.15) is 0 Å². The van der Waals surface area contributed by atoms with Crippen LogP contribution < -0.4 is 10.6 Å². The van der Waals surface area contributed by atoms with E-state index in [2.05, 4.69) is 10.6 Å². The van der Waals surface area contributed by atoms with Crippen molar-refractivity contribution in [3.8, 4) is 0 Å². The van der Waals surface area contributed by atoms with Gasteiger partial charge in [0, 0.05) is 18.0 Å². The minimum atomic E-state index is -0.448. The van der Waals surface area contributed by atoms with Crippen molar-refractivity contribution in [1.29, 1.82) is 0 Å². The third kappa shape index (κ3) is 6.88. The van der Waals surface area contributed by atoms with E-state index in [0.717, 1.165) is 9.21 Å². The summed E-state index contributed by atoms with van der Waals surface area (Å²) in [6.45, 7) is 5.30. The number of rotatable bonds is 6. The highest BCUT2D eigenvalue weighted by molar-refractivity contribution is 7.16. The third-order valence-electron chi connectivity index (χ3n) is 2.39. The van der Waals surface area contributed by atoms with Crippen molar-refractivity contribution in [2.75, 3.05) is 20.1 Å². The lowest BCUT2D eigenvalue weighted by atomic mass is 10.2. The van der Waals surface area contributed by atoms with E-state index >= 15 is 0 Å². The van der Waals surface area contributed by atoms with Crippen molar-refractivity contribution in [2.24, 2.45) is 5.92 Å². The van der Waals surface area contributed by atoms with Gasteiger partial charge in [-0.1, -0.05) is 25.4 Å². The monoisotopic (exact) mass is 317 g/mol. The van der Waals surface area contributed by atoms with Crippen molar-refractivity contribution in [3.05, 3.63) is 21.3 Å². The average Bonchev–Trinajstić information content (AvgIpc) is 2.71. The van der Waals surface area contributed by atoms with Crippen molar-refractivity contribution >= 4 is 34.9 Å². The molecule has 5 nitrogen and oxygen atoms in total. The zero-order chi connectivity index (χ0) is 15.1. The Bertz CT molecular complexity index is 462. The highest BCUT2D eigenvalue weighted by atomic mass is 35.5. The number of imide groups is 1. The molecule has 0 aliphatic rings. The van der Waals surface area contributed by atoms with E-state index in [1.165, 1.54) is 11.3 Å². The maximum atomic E-state index is 11.7. The Hall–Kier alpha value is -1.11. The van der Waals surface area contributed by atoms with E-state index in [4.69, 9.17) is 11.6 Å². The lowest BCUT2D eigenvalue weighted by Crippen LogP contribution is -2.44. The van der Waals surface area contributed by atoms with Crippen LogP contribution in [0, 0.1) is 5.92 Å². The van der Waals surface area contributed by atoms with Gasteiger partial charge in [-0.2, -0.15) is 0 Å². The lowest BCUT2D eigenvalue weighted by Gasteiger charge is -2.15. The van der Waals surface area contributed by atoms with Crippen LogP contribution in [-0.2, 0) is 11.3 Å². The second kappa shape index (κ2) is 8.24. The molecule has 0 aromatic carbocycles. The number of hydrogen-bond donors (Lipinski definition) is 2. The number of nitrogens with zero attached hydrogens (tertiary/aromatic N) is 1. The first kappa shape index (κ1) is 16.9. The van der Waals surface area contributed by atoms with E-state index in [-0.39, 0.29) is 12.5 Å². The molecule has 0 atom stereocenters. The average molecular weight is 318 g/mol. The molecule has 0 saturated heterocycles. The van der Waals surface area contributed by atoms with Gasteiger partial charge in [0.2, 0.25) is 5.91 Å². The number of likely N-dealkylation sites (N-methyl/N-ethyl adjacent to an activating group) is 1. The first-order chi connectivity index (χ1) is 9.36. The van der Waals surface area contributed by atoms with E-state index in [0.29, 0.717) is 19.0 Å². The molecule has 1 rings (SSSR count). The topological polar surface area (TPSA) is 61.4 Å². The SMILES string of the molecule is CC(C)CNC(=O)NC(=O)CN(C)Cc1ccc(Cl)s1. The van der Waals surface area contributed by atoms with Gasteiger partial charge in [0.25, 0.3) is 0 Å². The number of carbonyl (C=O) groups excluding carboxylic acids is 2. The van der Waals surface area contributed by atoms with Crippen molar-refractivity contribution in [3.63, 3.8) is 0 Å². The summed E-state index contributed by atoms with van der Waals surface area (Å²) in [5.41, 5.74) is 0. The summed E-state index contributed by atoms with van der Waals surface area (Å²) in [4.78, 5) is 26.0. The molecule has 0 aliphatic carbocycles. The van der Waals surface area contributed by atoms with Crippen molar-refractivity contribution < 1.29 is 9.59 Å². The summed E-state index contributed by atoms with van der Waals surface area (Å²) in [6.07, 6.45) is 0. The van der Waals surface area contributed by atoms with Crippen LogP contribution in [0.4, 0.5) is 4.79 Å². The maximum absolute atomic E-state index is 11.7. The predicted octanol–water partition coefficient (Wildman–Crippen LogP) is 2.32. The molecule has 1 aromatic rings.